The average Bonchev–Trinajstić information content (AvgIpc) is 3.17. The van der Waals surface area contributed by atoms with E-state index in [0.717, 1.165) is 27.1 Å². The Labute approximate surface area is 288 Å². The highest BCUT2D eigenvalue weighted by Crippen LogP contribution is 2.28. The van der Waals surface area contributed by atoms with Crippen LogP contribution in [0.1, 0.15) is 52.8 Å². The van der Waals surface area contributed by atoms with Gasteiger partial charge in [-0.25, -0.2) is 9.78 Å². The quantitative estimate of drug-likeness (QED) is 0.184. The molecule has 7 aromatic rings. The van der Waals surface area contributed by atoms with E-state index in [2.05, 4.69) is 25.6 Å². The molecule has 1 fully saturated rings. The molecule has 3 heterocycles. The summed E-state index contributed by atoms with van der Waals surface area (Å²) >= 11 is 0. The summed E-state index contributed by atoms with van der Waals surface area (Å²) in [6.45, 7) is 0.678. The van der Waals surface area contributed by atoms with Crippen molar-refractivity contribution >= 4 is 49.9 Å². The van der Waals surface area contributed by atoms with Crippen LogP contribution >= 0.6 is 0 Å². The Kier molecular flexibility index (Phi) is 9.64. The average molecular weight is 662 g/mol. The molecule has 1 saturated carbocycles. The first-order chi connectivity index (χ1) is 24.5. The molecule has 248 valence electrons. The lowest BCUT2D eigenvalue weighted by atomic mass is 9.89. The van der Waals surface area contributed by atoms with E-state index in [1.807, 2.05) is 78.9 Å². The van der Waals surface area contributed by atoms with Gasteiger partial charge in [0.1, 0.15) is 0 Å². The summed E-state index contributed by atoms with van der Waals surface area (Å²) in [4.78, 5) is 50.3. The molecular formula is C41H35N5O4. The van der Waals surface area contributed by atoms with Gasteiger partial charge in [-0.1, -0.05) is 92.1 Å². The minimum Gasteiger partial charge on any atom is -0.403 e. The first-order valence-corrected chi connectivity index (χ1v) is 16.8. The number of nitrogens with zero attached hydrogens (tertiary/aromatic N) is 3. The molecule has 50 heavy (non-hydrogen) atoms. The fourth-order valence-corrected chi connectivity index (χ4v) is 6.48. The van der Waals surface area contributed by atoms with Crippen molar-refractivity contribution in [2.24, 2.45) is 5.92 Å². The van der Waals surface area contributed by atoms with Crippen LogP contribution in [0.15, 0.2) is 131 Å². The van der Waals surface area contributed by atoms with Gasteiger partial charge in [-0.05, 0) is 64.6 Å². The number of hydrogen-bond acceptors (Lipinski definition) is 7. The highest BCUT2D eigenvalue weighted by molar-refractivity contribution is 6.14. The Morgan fingerprint density at radius 3 is 2.18 bits per heavy atom. The van der Waals surface area contributed by atoms with Crippen LogP contribution in [0.3, 0.4) is 0 Å². The minimum atomic E-state index is -0.398. The number of nitrogens with one attached hydrogen (secondary N) is 2. The van der Waals surface area contributed by atoms with Gasteiger partial charge in [0, 0.05) is 30.1 Å². The summed E-state index contributed by atoms with van der Waals surface area (Å²) in [6, 6.07) is 30.4. The standard InChI is InChI=1S/C24H25N3O2.C17H10N2O2/c28-23(26-15-17-7-2-1-3-8-17)21-13-14-25-16-22(21)27-24(29)20-12-6-10-18-9-4-5-11-19(18)20;20-17-14-8-9-18-10-15(14)19-16(21-17)13-7-3-5-11-4-1-2-6-12(11)13/h4-6,9-14,16-17H,1-3,7-8,15H2,(H,26,28)(H,27,29);1-10H. The van der Waals surface area contributed by atoms with Crippen molar-refractivity contribution in [1.29, 1.82) is 0 Å². The smallest absolute Gasteiger partial charge is 0.347 e. The van der Waals surface area contributed by atoms with Crippen LogP contribution in [-0.4, -0.2) is 33.3 Å². The highest BCUT2D eigenvalue weighted by atomic mass is 16.4. The van der Waals surface area contributed by atoms with E-state index < -0.39 is 5.63 Å². The maximum atomic E-state index is 12.9. The predicted octanol–water partition coefficient (Wildman–Crippen LogP) is 8.20. The second kappa shape index (κ2) is 14.9. The molecule has 8 rings (SSSR count). The van der Waals surface area contributed by atoms with Gasteiger partial charge in [0.2, 0.25) is 5.89 Å². The molecule has 1 aliphatic carbocycles. The number of benzene rings is 4. The van der Waals surface area contributed by atoms with Crippen LogP contribution in [0.5, 0.6) is 0 Å². The first kappa shape index (κ1) is 32.3. The number of rotatable bonds is 6. The van der Waals surface area contributed by atoms with Crippen LogP contribution in [0, 0.1) is 5.92 Å². The molecule has 1 aliphatic rings. The highest BCUT2D eigenvalue weighted by Gasteiger charge is 2.19. The second-order valence-electron chi connectivity index (χ2n) is 12.3. The summed E-state index contributed by atoms with van der Waals surface area (Å²) < 4.78 is 5.39. The third-order valence-corrected chi connectivity index (χ3v) is 9.08. The van der Waals surface area contributed by atoms with Gasteiger partial charge in [0.25, 0.3) is 11.8 Å². The zero-order valence-corrected chi connectivity index (χ0v) is 27.3. The van der Waals surface area contributed by atoms with Crippen molar-refractivity contribution < 1.29 is 14.0 Å². The molecule has 9 nitrogen and oxygen atoms in total. The van der Waals surface area contributed by atoms with Crippen LogP contribution in [0.4, 0.5) is 5.69 Å². The van der Waals surface area contributed by atoms with E-state index >= 15 is 0 Å². The largest absolute Gasteiger partial charge is 0.403 e. The van der Waals surface area contributed by atoms with E-state index in [4.69, 9.17) is 4.42 Å². The maximum absolute atomic E-state index is 12.9. The molecule has 4 aromatic carbocycles. The zero-order chi connectivity index (χ0) is 34.3. The molecule has 2 amide bonds. The minimum absolute atomic E-state index is 0.175. The monoisotopic (exact) mass is 661 g/mol. The normalized spacial score (nSPS) is 13.0. The molecular weight excluding hydrogens is 626 g/mol. The molecule has 0 radical (unpaired) electrons. The number of anilines is 1. The Hall–Kier alpha value is -6.22. The van der Waals surface area contributed by atoms with Crippen molar-refractivity contribution in [1.82, 2.24) is 20.3 Å². The third-order valence-electron chi connectivity index (χ3n) is 9.08. The van der Waals surface area contributed by atoms with Crippen molar-refractivity contribution in [2.45, 2.75) is 32.1 Å². The molecule has 0 bridgehead atoms. The second-order valence-corrected chi connectivity index (χ2v) is 12.3. The summed E-state index contributed by atoms with van der Waals surface area (Å²) in [7, 11) is 0. The number of hydrogen-bond donors (Lipinski definition) is 2. The molecule has 0 unspecified atom stereocenters. The lowest BCUT2D eigenvalue weighted by Crippen LogP contribution is -2.31. The van der Waals surface area contributed by atoms with E-state index in [1.54, 1.807) is 36.8 Å². The maximum Gasteiger partial charge on any atom is 0.347 e. The number of fused-ring (bicyclic) bond motifs is 3. The SMILES string of the molecule is O=C(NCC1CCCCC1)c1ccncc1NC(=O)c1cccc2ccccc12.O=c1oc(-c2cccc3ccccc23)nc2cnccc12. The number of pyridine rings is 2. The van der Waals surface area contributed by atoms with Crippen molar-refractivity contribution in [3.05, 3.63) is 143 Å². The fourth-order valence-electron chi connectivity index (χ4n) is 6.48. The zero-order valence-electron chi connectivity index (χ0n) is 27.3. The van der Waals surface area contributed by atoms with Gasteiger partial charge in [-0.3, -0.25) is 19.6 Å². The summed E-state index contributed by atoms with van der Waals surface area (Å²) in [5.74, 6) is 0.433. The van der Waals surface area contributed by atoms with E-state index in [1.165, 1.54) is 38.3 Å². The Morgan fingerprint density at radius 2 is 1.36 bits per heavy atom. The predicted molar refractivity (Wildman–Crippen MR) is 196 cm³/mol. The van der Waals surface area contributed by atoms with Crippen molar-refractivity contribution in [2.75, 3.05) is 11.9 Å². The van der Waals surface area contributed by atoms with Crippen molar-refractivity contribution in [3.63, 3.8) is 0 Å². The molecule has 0 aliphatic heterocycles. The van der Waals surface area contributed by atoms with Gasteiger partial charge in [-0.15, -0.1) is 0 Å². The van der Waals surface area contributed by atoms with Gasteiger partial charge >= 0.3 is 5.63 Å². The fraction of sp³-hybridized carbons (Fsp3) is 0.171. The summed E-state index contributed by atoms with van der Waals surface area (Å²) in [6.07, 6.45) is 12.3. The van der Waals surface area contributed by atoms with Gasteiger partial charge in [0.15, 0.2) is 0 Å². The Morgan fingerprint density at radius 1 is 0.680 bits per heavy atom. The lowest BCUT2D eigenvalue weighted by Gasteiger charge is -2.22. The van der Waals surface area contributed by atoms with Gasteiger partial charge < -0.3 is 15.1 Å². The van der Waals surface area contributed by atoms with E-state index in [-0.39, 0.29) is 11.8 Å². The molecule has 9 heteroatoms. The van der Waals surface area contributed by atoms with Gasteiger partial charge in [0.05, 0.1) is 34.5 Å². The third kappa shape index (κ3) is 7.12. The molecule has 2 N–H and O–H groups in total. The first-order valence-electron chi connectivity index (χ1n) is 16.8. The molecule has 0 spiro atoms. The van der Waals surface area contributed by atoms with E-state index in [9.17, 15) is 14.4 Å². The molecule has 0 saturated heterocycles. The van der Waals surface area contributed by atoms with E-state index in [0.29, 0.717) is 46.1 Å². The van der Waals surface area contributed by atoms with Crippen molar-refractivity contribution in [3.8, 4) is 11.5 Å². The summed E-state index contributed by atoms with van der Waals surface area (Å²) in [5, 5.41) is 10.3. The van der Waals surface area contributed by atoms with Crippen LogP contribution in [0.2, 0.25) is 0 Å². The summed E-state index contributed by atoms with van der Waals surface area (Å²) in [5.41, 5.74) is 2.37. The number of carbonyl (C=O) groups is 2. The lowest BCUT2D eigenvalue weighted by molar-refractivity contribution is 0.0944. The Bertz CT molecular complexity index is 2370. The van der Waals surface area contributed by atoms with Crippen LogP contribution in [0.25, 0.3) is 43.9 Å². The number of aromatic nitrogens is 3. The number of carbonyl (C=O) groups excluding carboxylic acids is 2. The number of amides is 2. The van der Waals surface area contributed by atoms with Crippen LogP contribution in [-0.2, 0) is 0 Å². The topological polar surface area (TPSA) is 127 Å². The molecule has 3 aromatic heterocycles. The van der Waals surface area contributed by atoms with Crippen LogP contribution < -0.4 is 16.3 Å². The van der Waals surface area contributed by atoms with Gasteiger partial charge in [-0.2, -0.15) is 0 Å². The Balaban J connectivity index is 0.000000165. The molecule has 0 atom stereocenters.